The molecule has 0 saturated carbocycles. The molecular weight excluding hydrogens is 592 g/mol. The van der Waals surface area contributed by atoms with Gasteiger partial charge in [0.05, 0.1) is 45.9 Å². The second-order valence-corrected chi connectivity index (χ2v) is 11.3. The Hall–Kier alpha value is -4.95. The number of anilines is 2. The molecule has 1 aliphatic carbocycles. The summed E-state index contributed by atoms with van der Waals surface area (Å²) in [6.07, 6.45) is 0.832. The molecule has 9 heteroatoms. The predicted molar refractivity (Wildman–Crippen MR) is 174 cm³/mol. The summed E-state index contributed by atoms with van der Waals surface area (Å²) >= 11 is 6.19. The number of ketones is 1. The Balaban J connectivity index is 1.59. The molecule has 0 bridgehead atoms. The molecule has 0 aromatic heterocycles. The third kappa shape index (κ3) is 5.58. The third-order valence-corrected chi connectivity index (χ3v) is 8.64. The highest BCUT2D eigenvalue weighted by Gasteiger charge is 2.42. The highest BCUT2D eigenvalue weighted by molar-refractivity contribution is 6.30. The van der Waals surface area contributed by atoms with Crippen LogP contribution in [0.2, 0.25) is 5.02 Å². The third-order valence-electron chi connectivity index (χ3n) is 8.39. The summed E-state index contributed by atoms with van der Waals surface area (Å²) in [5, 5.41) is 4.09. The van der Waals surface area contributed by atoms with E-state index >= 15 is 0 Å². The van der Waals surface area contributed by atoms with E-state index in [0.717, 1.165) is 17.0 Å². The number of carbonyl (C=O) groups is 2. The van der Waals surface area contributed by atoms with Crippen LogP contribution < -0.4 is 29.2 Å². The number of amides is 1. The van der Waals surface area contributed by atoms with E-state index in [1.807, 2.05) is 48.5 Å². The number of nitrogens with zero attached hydrogens (tertiary/aromatic N) is 1. The van der Waals surface area contributed by atoms with E-state index in [0.29, 0.717) is 56.8 Å². The summed E-state index contributed by atoms with van der Waals surface area (Å²) in [6.45, 7) is 0. The van der Waals surface area contributed by atoms with E-state index < -0.39 is 6.04 Å². The van der Waals surface area contributed by atoms with Crippen molar-refractivity contribution in [3.05, 3.63) is 118 Å². The molecule has 0 saturated heterocycles. The minimum atomic E-state index is -0.822. The van der Waals surface area contributed by atoms with Crippen molar-refractivity contribution in [2.24, 2.45) is 0 Å². The zero-order valence-electron chi connectivity index (χ0n) is 25.4. The number of benzene rings is 4. The van der Waals surface area contributed by atoms with Gasteiger partial charge in [-0.25, -0.2) is 0 Å². The average molecular weight is 625 g/mol. The van der Waals surface area contributed by atoms with Gasteiger partial charge in [0.2, 0.25) is 5.75 Å². The summed E-state index contributed by atoms with van der Waals surface area (Å²) in [4.78, 5) is 30.7. The van der Waals surface area contributed by atoms with E-state index in [4.69, 9.17) is 30.5 Å². The van der Waals surface area contributed by atoms with Crippen molar-refractivity contribution in [1.29, 1.82) is 0 Å². The smallest absolute Gasteiger partial charge is 0.259 e. The number of nitrogens with one attached hydrogen (secondary N) is 1. The van der Waals surface area contributed by atoms with Gasteiger partial charge in [-0.15, -0.1) is 0 Å². The van der Waals surface area contributed by atoms with Gasteiger partial charge in [-0.3, -0.25) is 14.5 Å². The summed E-state index contributed by atoms with van der Waals surface area (Å²) in [7, 11) is 6.24. The topological polar surface area (TPSA) is 86.3 Å². The first-order chi connectivity index (χ1) is 21.9. The first-order valence-corrected chi connectivity index (χ1v) is 14.9. The van der Waals surface area contributed by atoms with Crippen molar-refractivity contribution in [3.63, 3.8) is 0 Å². The number of ether oxygens (including phenoxy) is 4. The molecule has 8 nitrogen and oxygen atoms in total. The molecule has 45 heavy (non-hydrogen) atoms. The SMILES string of the molecule is COc1ccc(C2CC(=O)C3=C(C2)Nc2ccccc2N(C(=O)c2ccc(Cl)cc2)C3c2cc(OC)c(OC)c(OC)c2)cc1. The van der Waals surface area contributed by atoms with Gasteiger partial charge in [0.15, 0.2) is 17.3 Å². The second-order valence-electron chi connectivity index (χ2n) is 10.9. The molecule has 6 rings (SSSR count). The van der Waals surface area contributed by atoms with Crippen LogP contribution in [0.4, 0.5) is 11.4 Å². The van der Waals surface area contributed by atoms with Crippen molar-refractivity contribution in [2.75, 3.05) is 38.7 Å². The zero-order valence-corrected chi connectivity index (χ0v) is 26.2. The van der Waals surface area contributed by atoms with Gasteiger partial charge in [-0.1, -0.05) is 35.9 Å². The first kappa shape index (κ1) is 30.1. The van der Waals surface area contributed by atoms with Gasteiger partial charge in [-0.2, -0.15) is 0 Å². The lowest BCUT2D eigenvalue weighted by molar-refractivity contribution is -0.116. The molecule has 4 aromatic carbocycles. The van der Waals surface area contributed by atoms with Gasteiger partial charge in [0.1, 0.15) is 5.75 Å². The second kappa shape index (κ2) is 12.6. The summed E-state index contributed by atoms with van der Waals surface area (Å²) in [6, 6.07) is 24.9. The van der Waals surface area contributed by atoms with E-state index in [1.54, 1.807) is 48.4 Å². The Kier molecular flexibility index (Phi) is 8.41. The molecule has 2 aliphatic rings. The molecule has 2 atom stereocenters. The molecule has 1 amide bonds. The van der Waals surface area contributed by atoms with Gasteiger partial charge in [0.25, 0.3) is 5.91 Å². The Morgan fingerprint density at radius 1 is 0.800 bits per heavy atom. The number of allylic oxidation sites excluding steroid dienone is 1. The van der Waals surface area contributed by atoms with Crippen molar-refractivity contribution in [3.8, 4) is 23.0 Å². The number of hydrogen-bond donors (Lipinski definition) is 1. The number of hydrogen-bond acceptors (Lipinski definition) is 7. The normalized spacial score (nSPS) is 17.4. The standard InChI is InChI=1S/C36H33ClN2O6/c1-42-26-15-11-21(12-16-26)23-17-28-33(30(40)18-23)34(24-19-31(43-2)35(45-4)32(20-24)44-3)39(29-8-6-5-7-27(29)38-28)36(41)22-9-13-25(37)14-10-22/h5-16,19-20,23,34,38H,17-18H2,1-4H3. The number of Topliss-reactive ketones (excluding diaryl/α,β-unsaturated/α-hetero) is 1. The monoisotopic (exact) mass is 624 g/mol. The van der Waals surface area contributed by atoms with Crippen molar-refractivity contribution < 1.29 is 28.5 Å². The molecule has 0 radical (unpaired) electrons. The summed E-state index contributed by atoms with van der Waals surface area (Å²) < 4.78 is 22.4. The van der Waals surface area contributed by atoms with Crippen molar-refractivity contribution in [2.45, 2.75) is 24.8 Å². The maximum Gasteiger partial charge on any atom is 0.259 e. The quantitative estimate of drug-likeness (QED) is 0.227. The van der Waals surface area contributed by atoms with Gasteiger partial charge < -0.3 is 24.3 Å². The average Bonchev–Trinajstić information content (AvgIpc) is 3.22. The Morgan fingerprint density at radius 3 is 2.09 bits per heavy atom. The lowest BCUT2D eigenvalue weighted by Crippen LogP contribution is -2.38. The lowest BCUT2D eigenvalue weighted by Gasteiger charge is -2.35. The maximum atomic E-state index is 14.6. The van der Waals surface area contributed by atoms with E-state index in [9.17, 15) is 9.59 Å². The summed E-state index contributed by atoms with van der Waals surface area (Å²) in [5.74, 6) is 1.57. The highest BCUT2D eigenvalue weighted by atomic mass is 35.5. The fraction of sp³-hybridized carbons (Fsp3) is 0.222. The van der Waals surface area contributed by atoms with Crippen LogP contribution in [0.25, 0.3) is 0 Å². The number of halogens is 1. The molecule has 1 N–H and O–H groups in total. The maximum absolute atomic E-state index is 14.6. The molecule has 0 spiro atoms. The largest absolute Gasteiger partial charge is 0.497 e. The van der Waals surface area contributed by atoms with E-state index in [-0.39, 0.29) is 24.0 Å². The first-order valence-electron chi connectivity index (χ1n) is 14.5. The van der Waals surface area contributed by atoms with Crippen LogP contribution >= 0.6 is 11.6 Å². The zero-order chi connectivity index (χ0) is 31.7. The van der Waals surface area contributed by atoms with Crippen LogP contribution in [0.5, 0.6) is 23.0 Å². The van der Waals surface area contributed by atoms with Crippen LogP contribution in [-0.4, -0.2) is 40.1 Å². The highest BCUT2D eigenvalue weighted by Crippen LogP contribution is 2.50. The molecule has 230 valence electrons. The number of methoxy groups -OCH3 is 4. The summed E-state index contributed by atoms with van der Waals surface area (Å²) in [5.41, 5.74) is 4.69. The van der Waals surface area contributed by atoms with Gasteiger partial charge in [-0.05, 0) is 84.1 Å². The fourth-order valence-electron chi connectivity index (χ4n) is 6.23. The molecule has 4 aromatic rings. The van der Waals surface area contributed by atoms with E-state index in [1.165, 1.54) is 21.3 Å². The minimum Gasteiger partial charge on any atom is -0.497 e. The van der Waals surface area contributed by atoms with Crippen LogP contribution in [0.1, 0.15) is 46.3 Å². The predicted octanol–water partition coefficient (Wildman–Crippen LogP) is 7.59. The molecule has 1 heterocycles. The molecule has 0 fully saturated rings. The molecule has 1 aliphatic heterocycles. The van der Waals surface area contributed by atoms with Crippen molar-refractivity contribution >= 4 is 34.7 Å². The van der Waals surface area contributed by atoms with Crippen molar-refractivity contribution in [1.82, 2.24) is 0 Å². The number of fused-ring (bicyclic) bond motifs is 1. The molecule has 2 unspecified atom stereocenters. The van der Waals surface area contributed by atoms with Crippen LogP contribution in [-0.2, 0) is 4.79 Å². The van der Waals surface area contributed by atoms with Gasteiger partial charge >= 0.3 is 0 Å². The fourth-order valence-corrected chi connectivity index (χ4v) is 6.36. The lowest BCUT2D eigenvalue weighted by atomic mass is 9.78. The Bertz CT molecular complexity index is 1760. The Morgan fingerprint density at radius 2 is 1.47 bits per heavy atom. The minimum absolute atomic E-state index is 0.0648. The number of para-hydroxylation sites is 2. The Labute approximate surface area is 267 Å². The van der Waals surface area contributed by atoms with Crippen LogP contribution in [0.15, 0.2) is 96.2 Å². The van der Waals surface area contributed by atoms with Crippen LogP contribution in [0, 0.1) is 0 Å². The van der Waals surface area contributed by atoms with Crippen LogP contribution in [0.3, 0.4) is 0 Å². The number of carbonyl (C=O) groups excluding carboxylic acids is 2. The van der Waals surface area contributed by atoms with Gasteiger partial charge in [0, 0.05) is 28.3 Å². The van der Waals surface area contributed by atoms with E-state index in [2.05, 4.69) is 5.32 Å². The molecular formula is C36H33ClN2O6. The number of rotatable bonds is 7.